The quantitative estimate of drug-likeness (QED) is 0.715. The Labute approximate surface area is 72.3 Å². The molecule has 56 valence electrons. The van der Waals surface area contributed by atoms with Crippen LogP contribution < -0.4 is 5.48 Å². The summed E-state index contributed by atoms with van der Waals surface area (Å²) in [5.41, 5.74) is 2.82. The van der Waals surface area contributed by atoms with Crippen LogP contribution in [0.15, 0.2) is 6.07 Å². The highest BCUT2D eigenvalue weighted by molar-refractivity contribution is 7.20. The molecule has 1 heterocycles. The van der Waals surface area contributed by atoms with E-state index in [1.165, 1.54) is 11.3 Å². The largest absolute Gasteiger partial charge is 0.316 e. The standard InChI is InChI=1S/C5H5Cl2NOS/c6-4-1-3(2-8-9)5(7)10-4/h1,8-9H,2H2. The molecule has 0 radical (unpaired) electrons. The second-order valence-electron chi connectivity index (χ2n) is 1.68. The van der Waals surface area contributed by atoms with Crippen molar-refractivity contribution >= 4 is 34.5 Å². The molecule has 0 saturated heterocycles. The third kappa shape index (κ3) is 1.84. The van der Waals surface area contributed by atoms with Crippen LogP contribution in [0.2, 0.25) is 8.67 Å². The van der Waals surface area contributed by atoms with Crippen molar-refractivity contribution in [3.8, 4) is 0 Å². The molecule has 0 aliphatic rings. The number of halogens is 2. The first-order valence-corrected chi connectivity index (χ1v) is 4.12. The number of nitrogens with one attached hydrogen (secondary N) is 1. The van der Waals surface area contributed by atoms with Gasteiger partial charge in [-0.05, 0) is 11.6 Å². The van der Waals surface area contributed by atoms with Gasteiger partial charge in [0.2, 0.25) is 0 Å². The lowest BCUT2D eigenvalue weighted by Crippen LogP contribution is -2.04. The molecule has 0 atom stereocenters. The molecule has 0 fully saturated rings. The molecular formula is C5H5Cl2NOS. The number of hydrogen-bond acceptors (Lipinski definition) is 3. The van der Waals surface area contributed by atoms with Crippen LogP contribution >= 0.6 is 34.5 Å². The van der Waals surface area contributed by atoms with Gasteiger partial charge in [-0.2, -0.15) is 0 Å². The lowest BCUT2D eigenvalue weighted by molar-refractivity contribution is 0.161. The van der Waals surface area contributed by atoms with Crippen molar-refractivity contribution in [3.05, 3.63) is 20.3 Å². The molecule has 0 aliphatic heterocycles. The van der Waals surface area contributed by atoms with Crippen LogP contribution in [0.4, 0.5) is 0 Å². The van der Waals surface area contributed by atoms with Crippen LogP contribution in [0, 0.1) is 0 Å². The molecule has 0 saturated carbocycles. The highest BCUT2D eigenvalue weighted by atomic mass is 35.5. The average molecular weight is 198 g/mol. The van der Waals surface area contributed by atoms with Gasteiger partial charge in [0.15, 0.2) is 0 Å². The molecule has 0 bridgehead atoms. The van der Waals surface area contributed by atoms with Crippen LogP contribution in [0.1, 0.15) is 5.56 Å². The minimum atomic E-state index is 0.335. The number of thiophene rings is 1. The van der Waals surface area contributed by atoms with Crippen LogP contribution in [-0.4, -0.2) is 5.21 Å². The summed E-state index contributed by atoms with van der Waals surface area (Å²) in [5.74, 6) is 0. The van der Waals surface area contributed by atoms with E-state index in [1.807, 2.05) is 5.48 Å². The Morgan fingerprint density at radius 2 is 2.30 bits per heavy atom. The molecule has 2 nitrogen and oxygen atoms in total. The van der Waals surface area contributed by atoms with Crippen LogP contribution in [0.25, 0.3) is 0 Å². The van der Waals surface area contributed by atoms with Gasteiger partial charge in [-0.15, -0.1) is 11.3 Å². The number of rotatable bonds is 2. The lowest BCUT2D eigenvalue weighted by Gasteiger charge is -1.92. The van der Waals surface area contributed by atoms with E-state index in [2.05, 4.69) is 0 Å². The zero-order valence-corrected chi connectivity index (χ0v) is 7.22. The summed E-state index contributed by atoms with van der Waals surface area (Å²) in [4.78, 5) is 0. The fourth-order valence-corrected chi connectivity index (χ4v) is 2.07. The number of hydroxylamine groups is 1. The summed E-state index contributed by atoms with van der Waals surface area (Å²) in [6.45, 7) is 0.335. The van der Waals surface area contributed by atoms with Gasteiger partial charge in [-0.3, -0.25) is 0 Å². The maximum Gasteiger partial charge on any atom is 0.0989 e. The fraction of sp³-hybridized carbons (Fsp3) is 0.200. The molecule has 2 N–H and O–H groups in total. The highest BCUT2D eigenvalue weighted by Crippen LogP contribution is 2.30. The van der Waals surface area contributed by atoms with Crippen molar-refractivity contribution in [1.82, 2.24) is 5.48 Å². The normalized spacial score (nSPS) is 10.3. The maximum absolute atomic E-state index is 8.31. The van der Waals surface area contributed by atoms with E-state index in [4.69, 9.17) is 28.4 Å². The Morgan fingerprint density at radius 1 is 1.60 bits per heavy atom. The van der Waals surface area contributed by atoms with Gasteiger partial charge >= 0.3 is 0 Å². The van der Waals surface area contributed by atoms with E-state index in [0.717, 1.165) is 5.56 Å². The van der Waals surface area contributed by atoms with Gasteiger partial charge in [0.05, 0.1) is 8.67 Å². The summed E-state index contributed by atoms with van der Waals surface area (Å²) < 4.78 is 1.25. The summed E-state index contributed by atoms with van der Waals surface area (Å²) in [6, 6.07) is 1.72. The predicted octanol–water partition coefficient (Wildman–Crippen LogP) is 2.53. The van der Waals surface area contributed by atoms with Crippen molar-refractivity contribution in [2.45, 2.75) is 6.54 Å². The zero-order chi connectivity index (χ0) is 7.56. The van der Waals surface area contributed by atoms with E-state index < -0.39 is 0 Å². The molecule has 1 aromatic heterocycles. The van der Waals surface area contributed by atoms with E-state index in [-0.39, 0.29) is 0 Å². The molecule has 1 aromatic rings. The lowest BCUT2D eigenvalue weighted by atomic mass is 10.3. The van der Waals surface area contributed by atoms with Crippen molar-refractivity contribution < 1.29 is 5.21 Å². The summed E-state index contributed by atoms with van der Waals surface area (Å²) >= 11 is 12.6. The van der Waals surface area contributed by atoms with Gasteiger partial charge in [-0.1, -0.05) is 23.2 Å². The highest BCUT2D eigenvalue weighted by Gasteiger charge is 2.03. The Balaban J connectivity index is 2.81. The molecule has 0 spiro atoms. The SMILES string of the molecule is ONCc1cc(Cl)sc1Cl. The third-order valence-electron chi connectivity index (χ3n) is 0.997. The second-order valence-corrected chi connectivity index (χ2v) is 3.97. The Hall–Kier alpha value is 0.200. The topological polar surface area (TPSA) is 32.3 Å². The van der Waals surface area contributed by atoms with E-state index in [0.29, 0.717) is 15.2 Å². The number of hydrogen-bond donors (Lipinski definition) is 2. The van der Waals surface area contributed by atoms with E-state index >= 15 is 0 Å². The van der Waals surface area contributed by atoms with Gasteiger partial charge in [-0.25, -0.2) is 5.48 Å². The molecule has 0 unspecified atom stereocenters. The minimum Gasteiger partial charge on any atom is -0.316 e. The van der Waals surface area contributed by atoms with Crippen molar-refractivity contribution in [2.24, 2.45) is 0 Å². The van der Waals surface area contributed by atoms with E-state index in [1.54, 1.807) is 6.07 Å². The van der Waals surface area contributed by atoms with Gasteiger partial charge < -0.3 is 5.21 Å². The predicted molar refractivity (Wildman–Crippen MR) is 43.0 cm³/mol. The fourth-order valence-electron chi connectivity index (χ4n) is 0.580. The van der Waals surface area contributed by atoms with Gasteiger partial charge in [0, 0.05) is 6.54 Å². The second kappa shape index (κ2) is 3.55. The van der Waals surface area contributed by atoms with Gasteiger partial charge in [0.25, 0.3) is 0 Å². The Bertz CT molecular complexity index is 225. The molecule has 1 rings (SSSR count). The first-order chi connectivity index (χ1) is 4.74. The summed E-state index contributed by atoms with van der Waals surface area (Å²) in [5, 5.41) is 8.31. The van der Waals surface area contributed by atoms with Crippen LogP contribution in [-0.2, 0) is 6.54 Å². The molecule has 5 heteroatoms. The Morgan fingerprint density at radius 3 is 2.70 bits per heavy atom. The Kier molecular flexibility index (Phi) is 2.95. The van der Waals surface area contributed by atoms with Crippen LogP contribution in [0.5, 0.6) is 0 Å². The molecule has 10 heavy (non-hydrogen) atoms. The first-order valence-electron chi connectivity index (χ1n) is 2.54. The molecule has 0 amide bonds. The molecule has 0 aliphatic carbocycles. The third-order valence-corrected chi connectivity index (χ3v) is 2.57. The van der Waals surface area contributed by atoms with Crippen molar-refractivity contribution in [1.29, 1.82) is 0 Å². The van der Waals surface area contributed by atoms with E-state index in [9.17, 15) is 0 Å². The molecular weight excluding hydrogens is 193 g/mol. The zero-order valence-electron chi connectivity index (χ0n) is 4.90. The van der Waals surface area contributed by atoms with Crippen LogP contribution in [0.3, 0.4) is 0 Å². The smallest absolute Gasteiger partial charge is 0.0989 e. The summed E-state index contributed by atoms with van der Waals surface area (Å²) in [6.07, 6.45) is 0. The van der Waals surface area contributed by atoms with Gasteiger partial charge in [0.1, 0.15) is 0 Å². The van der Waals surface area contributed by atoms with Crippen molar-refractivity contribution in [2.75, 3.05) is 0 Å². The monoisotopic (exact) mass is 197 g/mol. The first kappa shape index (κ1) is 8.30. The molecule has 0 aromatic carbocycles. The minimum absolute atomic E-state index is 0.335. The average Bonchev–Trinajstić information content (AvgIpc) is 2.13. The maximum atomic E-state index is 8.31. The summed E-state index contributed by atoms with van der Waals surface area (Å²) in [7, 11) is 0. The van der Waals surface area contributed by atoms with Crippen molar-refractivity contribution in [3.63, 3.8) is 0 Å².